The van der Waals surface area contributed by atoms with Gasteiger partial charge < -0.3 is 0 Å². The van der Waals surface area contributed by atoms with Crippen LogP contribution in [0.4, 0.5) is 11.4 Å². The van der Waals surface area contributed by atoms with Crippen molar-refractivity contribution < 1.29 is 13.2 Å². The van der Waals surface area contributed by atoms with Crippen molar-refractivity contribution in [1.82, 2.24) is 0 Å². The number of anilines is 2. The van der Waals surface area contributed by atoms with Crippen molar-refractivity contribution in [3.63, 3.8) is 0 Å². The number of hydrogen-bond acceptors (Lipinski definition) is 3. The Hall–Kier alpha value is -2.92. The summed E-state index contributed by atoms with van der Waals surface area (Å²) in [6, 6.07) is 23.5. The van der Waals surface area contributed by atoms with Crippen LogP contribution in [0.2, 0.25) is 0 Å². The number of nitrogens with zero attached hydrogens (tertiary/aromatic N) is 1. The summed E-state index contributed by atoms with van der Waals surface area (Å²) in [5, 5.41) is 0. The monoisotopic (exact) mass is 391 g/mol. The lowest BCUT2D eigenvalue weighted by atomic mass is 9.86. The topological polar surface area (TPSA) is 54.5 Å². The van der Waals surface area contributed by atoms with E-state index in [9.17, 15) is 13.2 Å². The van der Waals surface area contributed by atoms with Crippen LogP contribution in [0.25, 0.3) is 0 Å². The SMILES string of the molecule is Cc1ccc(S(=O)(=O)C[C@@]2(C)C(=O)N(c3ccccc3)c3ccccc32)cc1. The van der Waals surface area contributed by atoms with Gasteiger partial charge in [0.2, 0.25) is 5.91 Å². The highest BCUT2D eigenvalue weighted by molar-refractivity contribution is 7.91. The number of para-hydroxylation sites is 2. The zero-order valence-corrected chi connectivity index (χ0v) is 16.6. The van der Waals surface area contributed by atoms with Crippen LogP contribution in [0, 0.1) is 6.92 Å². The lowest BCUT2D eigenvalue weighted by Crippen LogP contribution is -2.41. The number of carbonyl (C=O) groups is 1. The molecule has 0 unspecified atom stereocenters. The van der Waals surface area contributed by atoms with Crippen molar-refractivity contribution in [1.29, 1.82) is 0 Å². The third-order valence-corrected chi connectivity index (χ3v) is 7.24. The molecule has 0 spiro atoms. The fourth-order valence-electron chi connectivity index (χ4n) is 3.79. The van der Waals surface area contributed by atoms with Crippen molar-refractivity contribution in [2.45, 2.75) is 24.2 Å². The minimum atomic E-state index is -3.65. The Morgan fingerprint density at radius 2 is 1.46 bits per heavy atom. The third kappa shape index (κ3) is 2.92. The molecule has 0 bridgehead atoms. The predicted molar refractivity (Wildman–Crippen MR) is 111 cm³/mol. The minimum Gasteiger partial charge on any atom is -0.280 e. The van der Waals surface area contributed by atoms with E-state index in [1.165, 1.54) is 0 Å². The molecule has 1 amide bonds. The highest BCUT2D eigenvalue weighted by Gasteiger charge is 2.50. The van der Waals surface area contributed by atoms with Gasteiger partial charge >= 0.3 is 0 Å². The number of amides is 1. The third-order valence-electron chi connectivity index (χ3n) is 5.29. The van der Waals surface area contributed by atoms with Gasteiger partial charge in [-0.15, -0.1) is 0 Å². The van der Waals surface area contributed by atoms with Crippen LogP contribution >= 0.6 is 0 Å². The highest BCUT2D eigenvalue weighted by atomic mass is 32.2. The van der Waals surface area contributed by atoms with Crippen molar-refractivity contribution in [3.8, 4) is 0 Å². The summed E-state index contributed by atoms with van der Waals surface area (Å²) in [4.78, 5) is 15.4. The Morgan fingerprint density at radius 3 is 2.14 bits per heavy atom. The molecule has 1 aliphatic rings. The summed E-state index contributed by atoms with van der Waals surface area (Å²) >= 11 is 0. The molecule has 0 aromatic heterocycles. The van der Waals surface area contributed by atoms with Gasteiger partial charge in [-0.3, -0.25) is 9.69 Å². The summed E-state index contributed by atoms with van der Waals surface area (Å²) in [6.07, 6.45) is 0. The first-order valence-corrected chi connectivity index (χ1v) is 10.8. The first kappa shape index (κ1) is 18.4. The van der Waals surface area contributed by atoms with Crippen LogP contribution in [0.5, 0.6) is 0 Å². The van der Waals surface area contributed by atoms with E-state index in [1.54, 1.807) is 36.1 Å². The zero-order valence-electron chi connectivity index (χ0n) is 15.8. The van der Waals surface area contributed by atoms with E-state index in [-0.39, 0.29) is 16.6 Å². The molecule has 0 N–H and O–H groups in total. The van der Waals surface area contributed by atoms with Gasteiger partial charge in [0.15, 0.2) is 9.84 Å². The first-order valence-electron chi connectivity index (χ1n) is 9.11. The van der Waals surface area contributed by atoms with Crippen LogP contribution in [0.3, 0.4) is 0 Å². The Morgan fingerprint density at radius 1 is 0.857 bits per heavy atom. The second-order valence-electron chi connectivity index (χ2n) is 7.40. The number of rotatable bonds is 4. The maximum Gasteiger partial charge on any atom is 0.243 e. The summed E-state index contributed by atoms with van der Waals surface area (Å²) in [5.41, 5.74) is 2.04. The van der Waals surface area contributed by atoms with Crippen molar-refractivity contribution >= 4 is 27.1 Å². The molecule has 0 aliphatic carbocycles. The van der Waals surface area contributed by atoms with Crippen LogP contribution in [0.15, 0.2) is 83.8 Å². The van der Waals surface area contributed by atoms with E-state index in [0.29, 0.717) is 0 Å². The van der Waals surface area contributed by atoms with Gasteiger partial charge in [0.05, 0.1) is 21.8 Å². The van der Waals surface area contributed by atoms with Gasteiger partial charge in [-0.1, -0.05) is 54.1 Å². The molecule has 1 heterocycles. The normalized spacial score (nSPS) is 18.9. The molecule has 0 fully saturated rings. The number of aryl methyl sites for hydroxylation is 1. The molecule has 4 nitrogen and oxygen atoms in total. The van der Waals surface area contributed by atoms with Crippen molar-refractivity contribution in [3.05, 3.63) is 90.0 Å². The average Bonchev–Trinajstić information content (AvgIpc) is 2.90. The molecular formula is C23H21NO3S. The summed E-state index contributed by atoms with van der Waals surface area (Å²) < 4.78 is 26.3. The smallest absolute Gasteiger partial charge is 0.243 e. The van der Waals surface area contributed by atoms with Gasteiger partial charge in [0.25, 0.3) is 0 Å². The Kier molecular flexibility index (Phi) is 4.35. The number of hydrogen-bond donors (Lipinski definition) is 0. The van der Waals surface area contributed by atoms with Gasteiger partial charge in [0.1, 0.15) is 0 Å². The number of fused-ring (bicyclic) bond motifs is 1. The number of sulfone groups is 1. The summed E-state index contributed by atoms with van der Waals surface area (Å²) in [7, 11) is -3.65. The molecule has 142 valence electrons. The largest absolute Gasteiger partial charge is 0.280 e. The lowest BCUT2D eigenvalue weighted by molar-refractivity contribution is -0.121. The number of carbonyl (C=O) groups excluding carboxylic acids is 1. The molecule has 1 aliphatic heterocycles. The lowest BCUT2D eigenvalue weighted by Gasteiger charge is -2.24. The first-order chi connectivity index (χ1) is 13.3. The number of benzene rings is 3. The molecule has 1 atom stereocenters. The van der Waals surface area contributed by atoms with Crippen molar-refractivity contribution in [2.24, 2.45) is 0 Å². The summed E-state index contributed by atoms with van der Waals surface area (Å²) in [5.74, 6) is -0.502. The maximum atomic E-state index is 13.5. The molecule has 3 aromatic rings. The molecule has 3 aromatic carbocycles. The van der Waals surface area contributed by atoms with E-state index in [1.807, 2.05) is 61.5 Å². The zero-order chi connectivity index (χ0) is 19.9. The molecule has 0 saturated carbocycles. The van der Waals surface area contributed by atoms with E-state index < -0.39 is 15.3 Å². The van der Waals surface area contributed by atoms with E-state index >= 15 is 0 Å². The van der Waals surface area contributed by atoms with Crippen LogP contribution in [-0.2, 0) is 20.0 Å². The van der Waals surface area contributed by atoms with Crippen LogP contribution in [0.1, 0.15) is 18.1 Å². The van der Waals surface area contributed by atoms with E-state index in [2.05, 4.69) is 0 Å². The molecule has 4 rings (SSSR count). The van der Waals surface area contributed by atoms with E-state index in [0.717, 1.165) is 22.5 Å². The van der Waals surface area contributed by atoms with Crippen LogP contribution in [-0.4, -0.2) is 20.1 Å². The van der Waals surface area contributed by atoms with Crippen molar-refractivity contribution in [2.75, 3.05) is 10.7 Å². The Labute approximate surface area is 165 Å². The van der Waals surface area contributed by atoms with Gasteiger partial charge in [-0.2, -0.15) is 0 Å². The molecule has 0 radical (unpaired) electrons. The fraction of sp³-hybridized carbons (Fsp3) is 0.174. The second-order valence-corrected chi connectivity index (χ2v) is 9.39. The maximum absolute atomic E-state index is 13.5. The predicted octanol–water partition coefficient (Wildman–Crippen LogP) is 4.40. The molecule has 28 heavy (non-hydrogen) atoms. The Bertz CT molecular complexity index is 1140. The fourth-order valence-corrected chi connectivity index (χ4v) is 5.54. The van der Waals surface area contributed by atoms with Gasteiger partial charge in [-0.05, 0) is 49.7 Å². The summed E-state index contributed by atoms with van der Waals surface area (Å²) in [6.45, 7) is 3.63. The molecular weight excluding hydrogens is 370 g/mol. The average molecular weight is 391 g/mol. The quantitative estimate of drug-likeness (QED) is 0.662. The van der Waals surface area contributed by atoms with Crippen LogP contribution < -0.4 is 4.90 Å². The Balaban J connectivity index is 1.80. The van der Waals surface area contributed by atoms with Gasteiger partial charge in [0, 0.05) is 5.69 Å². The molecule has 0 saturated heterocycles. The highest BCUT2D eigenvalue weighted by Crippen LogP contribution is 2.46. The second kappa shape index (κ2) is 6.60. The standard InChI is InChI=1S/C23H21NO3S/c1-17-12-14-19(15-13-17)28(26,27)16-23(2)20-10-6-7-11-21(20)24(22(23)25)18-8-4-3-5-9-18/h3-15H,16H2,1-2H3/t23-/m1/s1. The minimum absolute atomic E-state index is 0.226. The van der Waals surface area contributed by atoms with Gasteiger partial charge in [-0.25, -0.2) is 8.42 Å². The van der Waals surface area contributed by atoms with E-state index in [4.69, 9.17) is 0 Å². The molecule has 5 heteroatoms.